The number of carbonyl (C=O) groups is 2. The number of amides is 1. The van der Waals surface area contributed by atoms with Crippen molar-refractivity contribution in [1.82, 2.24) is 5.32 Å². The van der Waals surface area contributed by atoms with Crippen LogP contribution in [0.5, 0.6) is 0 Å². The van der Waals surface area contributed by atoms with Gasteiger partial charge in [-0.15, -0.1) is 6.58 Å². The molecule has 0 aliphatic rings. The van der Waals surface area contributed by atoms with E-state index in [9.17, 15) is 9.59 Å². The zero-order valence-electron chi connectivity index (χ0n) is 9.91. The van der Waals surface area contributed by atoms with E-state index in [1.54, 1.807) is 6.92 Å². The van der Waals surface area contributed by atoms with Crippen LogP contribution in [0, 0.1) is 0 Å². The third-order valence-electron chi connectivity index (χ3n) is 1.95. The standard InChI is InChI=1S/C12H19NO3/c1-5-7-11(14)13-10(6-2)8-16-12(15)9(3)4/h5,10H,1,3,6-8H2,2,4H3,(H,13,14). The Hall–Kier alpha value is -1.58. The Bertz CT molecular complexity index is 284. The average Bonchev–Trinajstić information content (AvgIpc) is 2.23. The van der Waals surface area contributed by atoms with Crippen LogP contribution in [0.3, 0.4) is 0 Å². The summed E-state index contributed by atoms with van der Waals surface area (Å²) in [7, 11) is 0. The molecule has 90 valence electrons. The first-order valence-corrected chi connectivity index (χ1v) is 5.24. The number of hydrogen-bond acceptors (Lipinski definition) is 3. The van der Waals surface area contributed by atoms with Gasteiger partial charge in [0.1, 0.15) is 6.61 Å². The number of hydrogen-bond donors (Lipinski definition) is 1. The summed E-state index contributed by atoms with van der Waals surface area (Å²) in [5.74, 6) is -0.551. The Morgan fingerprint density at radius 3 is 2.56 bits per heavy atom. The molecule has 0 aromatic heterocycles. The second-order valence-electron chi connectivity index (χ2n) is 3.54. The second kappa shape index (κ2) is 7.68. The van der Waals surface area contributed by atoms with Crippen LogP contribution in [0.25, 0.3) is 0 Å². The highest BCUT2D eigenvalue weighted by molar-refractivity contribution is 5.87. The van der Waals surface area contributed by atoms with Gasteiger partial charge in [0, 0.05) is 12.0 Å². The molecule has 4 nitrogen and oxygen atoms in total. The van der Waals surface area contributed by atoms with Gasteiger partial charge in [-0.05, 0) is 13.3 Å². The predicted octanol–water partition coefficient (Wildman–Crippen LogP) is 1.58. The minimum Gasteiger partial charge on any atom is -0.460 e. The fraction of sp³-hybridized carbons (Fsp3) is 0.500. The van der Waals surface area contributed by atoms with Crippen LogP contribution in [-0.4, -0.2) is 24.5 Å². The van der Waals surface area contributed by atoms with Crippen LogP contribution in [0.2, 0.25) is 0 Å². The Labute approximate surface area is 96.4 Å². The molecule has 0 spiro atoms. The van der Waals surface area contributed by atoms with Gasteiger partial charge in [0.25, 0.3) is 0 Å². The monoisotopic (exact) mass is 225 g/mol. The lowest BCUT2D eigenvalue weighted by molar-refractivity contribution is -0.140. The fourth-order valence-corrected chi connectivity index (χ4v) is 0.979. The second-order valence-corrected chi connectivity index (χ2v) is 3.54. The van der Waals surface area contributed by atoms with E-state index in [4.69, 9.17) is 4.74 Å². The van der Waals surface area contributed by atoms with E-state index in [0.717, 1.165) is 0 Å². The van der Waals surface area contributed by atoms with Crippen LogP contribution in [0.4, 0.5) is 0 Å². The molecule has 1 atom stereocenters. The molecule has 1 amide bonds. The summed E-state index contributed by atoms with van der Waals surface area (Å²) < 4.78 is 4.96. The molecule has 0 rings (SSSR count). The highest BCUT2D eigenvalue weighted by atomic mass is 16.5. The van der Waals surface area contributed by atoms with Gasteiger partial charge in [0.05, 0.1) is 6.04 Å². The van der Waals surface area contributed by atoms with Gasteiger partial charge in [0.2, 0.25) is 5.91 Å². The van der Waals surface area contributed by atoms with Crippen molar-refractivity contribution >= 4 is 11.9 Å². The van der Waals surface area contributed by atoms with E-state index in [1.807, 2.05) is 6.92 Å². The first-order valence-electron chi connectivity index (χ1n) is 5.24. The van der Waals surface area contributed by atoms with Crippen LogP contribution >= 0.6 is 0 Å². The maximum Gasteiger partial charge on any atom is 0.333 e. The number of carbonyl (C=O) groups excluding carboxylic acids is 2. The molecule has 0 aromatic carbocycles. The molecule has 0 aliphatic heterocycles. The molecule has 0 fully saturated rings. The summed E-state index contributed by atoms with van der Waals surface area (Å²) in [6, 6.07) is -0.157. The SMILES string of the molecule is C=CCC(=O)NC(CC)COC(=O)C(=C)C. The van der Waals surface area contributed by atoms with E-state index in [0.29, 0.717) is 12.0 Å². The topological polar surface area (TPSA) is 55.4 Å². The van der Waals surface area contributed by atoms with Crippen molar-refractivity contribution in [3.8, 4) is 0 Å². The summed E-state index contributed by atoms with van der Waals surface area (Å²) in [6.45, 7) is 10.6. The minimum absolute atomic E-state index is 0.117. The van der Waals surface area contributed by atoms with Crippen molar-refractivity contribution in [1.29, 1.82) is 0 Å². The predicted molar refractivity (Wildman–Crippen MR) is 62.8 cm³/mol. The molecule has 0 heterocycles. The van der Waals surface area contributed by atoms with Gasteiger partial charge in [-0.1, -0.05) is 19.6 Å². The first kappa shape index (κ1) is 14.4. The maximum atomic E-state index is 11.3. The molecular formula is C12H19NO3. The van der Waals surface area contributed by atoms with E-state index in [-0.39, 0.29) is 25.0 Å². The minimum atomic E-state index is -0.434. The summed E-state index contributed by atoms with van der Waals surface area (Å²) in [5, 5.41) is 2.74. The molecule has 1 N–H and O–H groups in total. The molecule has 0 radical (unpaired) electrons. The number of ether oxygens (including phenoxy) is 1. The van der Waals surface area contributed by atoms with E-state index in [1.165, 1.54) is 6.08 Å². The van der Waals surface area contributed by atoms with E-state index < -0.39 is 5.97 Å². The van der Waals surface area contributed by atoms with Crippen LogP contribution in [0.1, 0.15) is 26.7 Å². The molecule has 0 aromatic rings. The Morgan fingerprint density at radius 1 is 1.50 bits per heavy atom. The molecule has 0 saturated heterocycles. The Morgan fingerprint density at radius 2 is 2.12 bits per heavy atom. The van der Waals surface area contributed by atoms with E-state index in [2.05, 4.69) is 18.5 Å². The van der Waals surface area contributed by atoms with Crippen LogP contribution in [0.15, 0.2) is 24.8 Å². The lowest BCUT2D eigenvalue weighted by atomic mass is 10.2. The lowest BCUT2D eigenvalue weighted by Crippen LogP contribution is -2.38. The Balaban J connectivity index is 4.01. The molecule has 16 heavy (non-hydrogen) atoms. The molecule has 1 unspecified atom stereocenters. The van der Waals surface area contributed by atoms with Crippen molar-refractivity contribution in [3.05, 3.63) is 24.8 Å². The van der Waals surface area contributed by atoms with Crippen molar-refractivity contribution in [2.45, 2.75) is 32.7 Å². The van der Waals surface area contributed by atoms with Gasteiger partial charge < -0.3 is 10.1 Å². The molecule has 0 bridgehead atoms. The van der Waals surface area contributed by atoms with Crippen LogP contribution < -0.4 is 5.32 Å². The summed E-state index contributed by atoms with van der Waals surface area (Å²) >= 11 is 0. The number of rotatable bonds is 7. The number of esters is 1. The first-order chi connectivity index (χ1) is 7.51. The van der Waals surface area contributed by atoms with Gasteiger partial charge in [-0.3, -0.25) is 4.79 Å². The van der Waals surface area contributed by atoms with Crippen molar-refractivity contribution in [2.75, 3.05) is 6.61 Å². The lowest BCUT2D eigenvalue weighted by Gasteiger charge is -2.16. The largest absolute Gasteiger partial charge is 0.460 e. The average molecular weight is 225 g/mol. The van der Waals surface area contributed by atoms with Crippen molar-refractivity contribution < 1.29 is 14.3 Å². The zero-order chi connectivity index (χ0) is 12.6. The smallest absolute Gasteiger partial charge is 0.333 e. The highest BCUT2D eigenvalue weighted by Gasteiger charge is 2.12. The Kier molecular flexibility index (Phi) is 6.92. The van der Waals surface area contributed by atoms with Crippen molar-refractivity contribution in [3.63, 3.8) is 0 Å². The summed E-state index contributed by atoms with van der Waals surface area (Å²) in [4.78, 5) is 22.4. The van der Waals surface area contributed by atoms with Gasteiger partial charge in [-0.25, -0.2) is 4.79 Å². The zero-order valence-corrected chi connectivity index (χ0v) is 9.91. The molecule has 4 heteroatoms. The molecule has 0 aliphatic carbocycles. The van der Waals surface area contributed by atoms with Crippen LogP contribution in [-0.2, 0) is 14.3 Å². The highest BCUT2D eigenvalue weighted by Crippen LogP contribution is 1.98. The maximum absolute atomic E-state index is 11.3. The normalized spacial score (nSPS) is 11.4. The van der Waals surface area contributed by atoms with Gasteiger partial charge in [0.15, 0.2) is 0 Å². The quantitative estimate of drug-likeness (QED) is 0.406. The summed E-state index contributed by atoms with van der Waals surface area (Å²) in [5.41, 5.74) is 0.354. The molecule has 0 saturated carbocycles. The van der Waals surface area contributed by atoms with E-state index >= 15 is 0 Å². The number of nitrogens with one attached hydrogen (secondary N) is 1. The van der Waals surface area contributed by atoms with Crippen molar-refractivity contribution in [2.24, 2.45) is 0 Å². The molecular weight excluding hydrogens is 206 g/mol. The summed E-state index contributed by atoms with van der Waals surface area (Å²) in [6.07, 6.45) is 2.50. The van der Waals surface area contributed by atoms with Gasteiger partial charge >= 0.3 is 5.97 Å². The third kappa shape index (κ3) is 6.01. The third-order valence-corrected chi connectivity index (χ3v) is 1.95. The van der Waals surface area contributed by atoms with Gasteiger partial charge in [-0.2, -0.15) is 0 Å². The fourth-order valence-electron chi connectivity index (χ4n) is 0.979.